The Hall–Kier alpha value is -9.56. The quantitative estimate of drug-likeness (QED) is 0.150. The lowest BCUT2D eigenvalue weighted by atomic mass is 9.68. The maximum absolute atomic E-state index is 2.59. The van der Waals surface area contributed by atoms with Crippen molar-refractivity contribution in [3.63, 3.8) is 0 Å². The highest BCUT2D eigenvalue weighted by Crippen LogP contribution is 2.65. The molecule has 348 valence electrons. The molecule has 0 amide bonds. The van der Waals surface area contributed by atoms with Crippen LogP contribution in [0.25, 0.3) is 76.8 Å². The lowest BCUT2D eigenvalue weighted by Crippen LogP contribution is -2.28. The fourth-order valence-electron chi connectivity index (χ4n) is 14.2. The Morgan fingerprint density at radius 1 is 0.213 bits per heavy atom. The Morgan fingerprint density at radius 3 is 1.12 bits per heavy atom. The first-order valence-corrected chi connectivity index (χ1v) is 26.2. The van der Waals surface area contributed by atoms with Gasteiger partial charge in [-0.15, -0.1) is 0 Å². The third-order valence-electron chi connectivity index (χ3n) is 17.1. The van der Waals surface area contributed by atoms with Crippen molar-refractivity contribution < 1.29 is 0 Å². The SMILES string of the molecule is c1ccc(-c2cc3c(cc2N(c2ccc4c(c2)-c2ccccc2C4(c2ccccc2)c2ccccc2)c2ccc4c5ccccc5c5ccccc5c4c2)C2(c4ccccc4-c4ccccc42)c2ccccc2-3)cc1. The number of hydrogen-bond donors (Lipinski definition) is 0. The Bertz CT molecular complexity index is 4350. The molecule has 0 aromatic heterocycles. The minimum Gasteiger partial charge on any atom is -0.310 e. The van der Waals surface area contributed by atoms with Crippen molar-refractivity contribution in [3.05, 3.63) is 330 Å². The summed E-state index contributed by atoms with van der Waals surface area (Å²) >= 11 is 0. The highest BCUT2D eigenvalue weighted by molar-refractivity contribution is 6.26. The van der Waals surface area contributed by atoms with Gasteiger partial charge in [-0.3, -0.25) is 0 Å². The van der Waals surface area contributed by atoms with Crippen molar-refractivity contribution in [1.82, 2.24) is 0 Å². The van der Waals surface area contributed by atoms with E-state index >= 15 is 0 Å². The van der Waals surface area contributed by atoms with Gasteiger partial charge in [0.2, 0.25) is 0 Å². The topological polar surface area (TPSA) is 3.24 Å². The number of rotatable bonds is 6. The van der Waals surface area contributed by atoms with E-state index in [1.54, 1.807) is 0 Å². The second kappa shape index (κ2) is 16.0. The Balaban J connectivity index is 1.04. The molecule has 1 nitrogen and oxygen atoms in total. The van der Waals surface area contributed by atoms with Gasteiger partial charge in [-0.05, 0) is 152 Å². The van der Waals surface area contributed by atoms with E-state index in [9.17, 15) is 0 Å². The predicted octanol–water partition coefficient (Wildman–Crippen LogP) is 19.0. The molecule has 0 bridgehead atoms. The largest absolute Gasteiger partial charge is 0.310 e. The summed E-state index contributed by atoms with van der Waals surface area (Å²) in [7, 11) is 0. The van der Waals surface area contributed by atoms with E-state index in [4.69, 9.17) is 0 Å². The summed E-state index contributed by atoms with van der Waals surface area (Å²) in [4.78, 5) is 2.59. The van der Waals surface area contributed by atoms with Crippen LogP contribution in [-0.4, -0.2) is 0 Å². The number of anilines is 3. The summed E-state index contributed by atoms with van der Waals surface area (Å²) in [6.07, 6.45) is 0. The van der Waals surface area contributed by atoms with Gasteiger partial charge in [-0.25, -0.2) is 0 Å². The van der Waals surface area contributed by atoms with E-state index in [0.29, 0.717) is 0 Å². The molecule has 0 aliphatic heterocycles. The summed E-state index contributed by atoms with van der Waals surface area (Å²) in [5, 5.41) is 7.52. The second-order valence-corrected chi connectivity index (χ2v) is 20.6. The molecule has 13 aromatic rings. The van der Waals surface area contributed by atoms with Crippen LogP contribution in [0.1, 0.15) is 44.5 Å². The predicted molar refractivity (Wildman–Crippen MR) is 313 cm³/mol. The molecule has 0 heterocycles. The fraction of sp³-hybridized carbons (Fsp3) is 0.0270. The molecule has 3 aliphatic carbocycles. The normalized spacial score (nSPS) is 13.8. The molecular weight excluding hydrogens is 903 g/mol. The van der Waals surface area contributed by atoms with Gasteiger partial charge in [-0.1, -0.05) is 249 Å². The smallest absolute Gasteiger partial charge is 0.0726 e. The molecule has 0 unspecified atom stereocenters. The van der Waals surface area contributed by atoms with E-state index in [2.05, 4.69) is 290 Å². The molecule has 0 saturated heterocycles. The van der Waals surface area contributed by atoms with Crippen LogP contribution < -0.4 is 4.90 Å². The van der Waals surface area contributed by atoms with E-state index in [-0.39, 0.29) is 0 Å². The third-order valence-corrected chi connectivity index (χ3v) is 17.1. The molecule has 0 fully saturated rings. The minimum absolute atomic E-state index is 0.523. The summed E-state index contributed by atoms with van der Waals surface area (Å²) in [6, 6.07) is 107. The molecule has 0 radical (unpaired) electrons. The zero-order chi connectivity index (χ0) is 49.2. The van der Waals surface area contributed by atoms with Crippen LogP contribution in [0.4, 0.5) is 17.1 Å². The standard InChI is InChI=1S/C74H47N/c1-4-22-48(23-5-1)62-46-65-61-35-17-21-39-69(61)74(67-37-19-14-32-58(67)59-33-15-20-38-68(59)74)71(65)47-72(62)75(51-40-42-57-55-30-11-10-28-53(55)54-29-12-13-31-56(54)63(57)44-51)52-41-43-70-64(45-52)60-34-16-18-36-66(60)73(70,49-24-6-2-7-25-49)50-26-8-3-9-27-50/h1-47H. The van der Waals surface area contributed by atoms with Gasteiger partial charge in [0, 0.05) is 16.9 Å². The average molecular weight is 950 g/mol. The van der Waals surface area contributed by atoms with Crippen molar-refractivity contribution >= 4 is 49.4 Å². The molecule has 3 aliphatic rings. The Morgan fingerprint density at radius 2 is 0.587 bits per heavy atom. The maximum atomic E-state index is 2.59. The minimum atomic E-state index is -0.533. The molecule has 1 spiro atoms. The van der Waals surface area contributed by atoms with Crippen molar-refractivity contribution in [2.24, 2.45) is 0 Å². The highest BCUT2D eigenvalue weighted by atomic mass is 15.1. The first kappa shape index (κ1) is 42.0. The lowest BCUT2D eigenvalue weighted by Gasteiger charge is -2.35. The van der Waals surface area contributed by atoms with E-state index in [1.165, 1.54) is 121 Å². The number of fused-ring (bicyclic) bond motifs is 19. The van der Waals surface area contributed by atoms with Crippen LogP contribution in [0, 0.1) is 0 Å². The maximum Gasteiger partial charge on any atom is 0.0726 e. The summed E-state index contributed by atoms with van der Waals surface area (Å²) in [5.41, 5.74) is 22.6. The average Bonchev–Trinajstić information content (AvgIpc) is 4.15. The van der Waals surface area contributed by atoms with Gasteiger partial charge in [-0.2, -0.15) is 0 Å². The van der Waals surface area contributed by atoms with Crippen molar-refractivity contribution in [1.29, 1.82) is 0 Å². The highest BCUT2D eigenvalue weighted by Gasteiger charge is 2.52. The first-order valence-electron chi connectivity index (χ1n) is 26.2. The molecule has 1 heteroatoms. The van der Waals surface area contributed by atoms with Gasteiger partial charge in [0.1, 0.15) is 0 Å². The summed E-state index contributed by atoms with van der Waals surface area (Å²) < 4.78 is 0. The molecule has 75 heavy (non-hydrogen) atoms. The van der Waals surface area contributed by atoms with Crippen LogP contribution in [0.15, 0.2) is 285 Å². The summed E-state index contributed by atoms with van der Waals surface area (Å²) in [6.45, 7) is 0. The van der Waals surface area contributed by atoms with E-state index < -0.39 is 10.8 Å². The van der Waals surface area contributed by atoms with Gasteiger partial charge in [0.25, 0.3) is 0 Å². The molecule has 13 aromatic carbocycles. The van der Waals surface area contributed by atoms with E-state index in [1.807, 2.05) is 0 Å². The number of benzene rings is 13. The fourth-order valence-corrected chi connectivity index (χ4v) is 14.2. The molecule has 16 rings (SSSR count). The van der Waals surface area contributed by atoms with Crippen molar-refractivity contribution in [2.45, 2.75) is 10.8 Å². The van der Waals surface area contributed by atoms with Gasteiger partial charge in [0.15, 0.2) is 0 Å². The second-order valence-electron chi connectivity index (χ2n) is 20.6. The monoisotopic (exact) mass is 949 g/mol. The Kier molecular flexibility index (Phi) is 8.94. The van der Waals surface area contributed by atoms with Crippen LogP contribution in [0.5, 0.6) is 0 Å². The van der Waals surface area contributed by atoms with Crippen LogP contribution in [-0.2, 0) is 10.8 Å². The van der Waals surface area contributed by atoms with Crippen molar-refractivity contribution in [3.8, 4) is 44.5 Å². The van der Waals surface area contributed by atoms with E-state index in [0.717, 1.165) is 17.1 Å². The summed E-state index contributed by atoms with van der Waals surface area (Å²) in [5.74, 6) is 0. The Labute approximate surface area is 436 Å². The zero-order valence-corrected chi connectivity index (χ0v) is 41.1. The molecular formula is C74H47N. The van der Waals surface area contributed by atoms with Crippen LogP contribution in [0.2, 0.25) is 0 Å². The van der Waals surface area contributed by atoms with Crippen LogP contribution in [0.3, 0.4) is 0 Å². The van der Waals surface area contributed by atoms with Gasteiger partial charge < -0.3 is 4.90 Å². The third kappa shape index (κ3) is 5.67. The van der Waals surface area contributed by atoms with Crippen LogP contribution >= 0.6 is 0 Å². The molecule has 0 saturated carbocycles. The van der Waals surface area contributed by atoms with Crippen molar-refractivity contribution in [2.75, 3.05) is 4.90 Å². The molecule has 0 atom stereocenters. The van der Waals surface area contributed by atoms with Gasteiger partial charge in [0.05, 0.1) is 16.5 Å². The number of nitrogens with zero attached hydrogens (tertiary/aromatic N) is 1. The lowest BCUT2D eigenvalue weighted by molar-refractivity contribution is 0.768. The van der Waals surface area contributed by atoms with Gasteiger partial charge >= 0.3 is 0 Å². The molecule has 0 N–H and O–H groups in total. The first-order chi connectivity index (χ1) is 37.2. The zero-order valence-electron chi connectivity index (χ0n) is 41.1. The number of hydrogen-bond acceptors (Lipinski definition) is 1.